The van der Waals surface area contributed by atoms with Crippen molar-refractivity contribution in [2.75, 3.05) is 5.73 Å². The van der Waals surface area contributed by atoms with E-state index in [1.54, 1.807) is 6.92 Å². The molecule has 0 atom stereocenters. The number of ketones is 1. The van der Waals surface area contributed by atoms with Crippen LogP contribution in [0.5, 0.6) is 5.75 Å². The average Bonchev–Trinajstić information content (AvgIpc) is 2.82. The summed E-state index contributed by atoms with van der Waals surface area (Å²) in [5.74, 6) is 0.330. The Bertz CT molecular complexity index is 848. The van der Waals surface area contributed by atoms with Crippen molar-refractivity contribution in [3.05, 3.63) is 45.0 Å². The van der Waals surface area contributed by atoms with Crippen LogP contribution in [-0.4, -0.2) is 10.9 Å². The summed E-state index contributed by atoms with van der Waals surface area (Å²) >= 11 is 0. The lowest BCUT2D eigenvalue weighted by molar-refractivity contribution is 0.101. The van der Waals surface area contributed by atoms with Crippen molar-refractivity contribution < 1.29 is 9.90 Å². The highest BCUT2D eigenvalue weighted by Gasteiger charge is 2.29. The molecule has 1 aliphatic rings. The molecule has 2 aromatic carbocycles. The quantitative estimate of drug-likeness (QED) is 0.527. The summed E-state index contributed by atoms with van der Waals surface area (Å²) in [7, 11) is 0. The minimum absolute atomic E-state index is 0.00704. The van der Waals surface area contributed by atoms with Gasteiger partial charge in [0, 0.05) is 17.7 Å². The van der Waals surface area contributed by atoms with E-state index in [-0.39, 0.29) is 5.78 Å². The summed E-state index contributed by atoms with van der Waals surface area (Å²) in [4.78, 5) is 12.0. The highest BCUT2D eigenvalue weighted by atomic mass is 16.3. The fraction of sp³-hybridized carbons (Fsp3) is 0.316. The summed E-state index contributed by atoms with van der Waals surface area (Å²) < 4.78 is 0. The number of hydrogen-bond donors (Lipinski definition) is 2. The van der Waals surface area contributed by atoms with Gasteiger partial charge >= 0.3 is 0 Å². The van der Waals surface area contributed by atoms with E-state index in [2.05, 4.69) is 6.92 Å². The molecule has 3 nitrogen and oxygen atoms in total. The van der Waals surface area contributed by atoms with Crippen LogP contribution in [0, 0.1) is 27.7 Å². The van der Waals surface area contributed by atoms with Gasteiger partial charge < -0.3 is 10.8 Å². The van der Waals surface area contributed by atoms with Gasteiger partial charge in [0.05, 0.1) is 0 Å². The maximum Gasteiger partial charge on any atom is 0.162 e. The van der Waals surface area contributed by atoms with Crippen molar-refractivity contribution in [1.29, 1.82) is 0 Å². The Morgan fingerprint density at radius 2 is 1.64 bits per heavy atom. The fourth-order valence-electron chi connectivity index (χ4n) is 3.71. The molecule has 0 amide bonds. The van der Waals surface area contributed by atoms with E-state index < -0.39 is 0 Å². The summed E-state index contributed by atoms with van der Waals surface area (Å²) in [6, 6.07) is 1.83. The van der Waals surface area contributed by atoms with E-state index >= 15 is 0 Å². The molecule has 0 saturated heterocycles. The third-order valence-electron chi connectivity index (χ3n) is 5.13. The van der Waals surface area contributed by atoms with Gasteiger partial charge in [0.1, 0.15) is 5.75 Å². The van der Waals surface area contributed by atoms with Gasteiger partial charge in [-0.25, -0.2) is 0 Å². The highest BCUT2D eigenvalue weighted by Crippen LogP contribution is 2.48. The van der Waals surface area contributed by atoms with Crippen LogP contribution in [0.3, 0.4) is 0 Å². The number of nitrogens with two attached hydrogens (primary N) is 1. The van der Waals surface area contributed by atoms with Crippen LogP contribution in [0.15, 0.2) is 6.07 Å². The van der Waals surface area contributed by atoms with Crippen molar-refractivity contribution in [2.45, 2.75) is 41.0 Å². The first-order chi connectivity index (χ1) is 10.3. The Balaban J connectivity index is 2.44. The Labute approximate surface area is 130 Å². The number of benzene rings is 2. The average molecular weight is 295 g/mol. The van der Waals surface area contributed by atoms with Crippen LogP contribution in [0.25, 0.3) is 11.1 Å². The normalized spacial score (nSPS) is 12.2. The number of rotatable bonds is 1. The zero-order valence-electron chi connectivity index (χ0n) is 13.7. The van der Waals surface area contributed by atoms with Crippen LogP contribution in [-0.2, 0) is 6.42 Å². The molecule has 0 aromatic heterocycles. The summed E-state index contributed by atoms with van der Waals surface area (Å²) in [6.07, 6.45) is 0.673. The predicted molar refractivity (Wildman–Crippen MR) is 89.7 cm³/mol. The van der Waals surface area contributed by atoms with E-state index in [1.165, 1.54) is 5.56 Å². The Kier molecular flexibility index (Phi) is 3.06. The van der Waals surface area contributed by atoms with Gasteiger partial charge in [-0.2, -0.15) is 0 Å². The third kappa shape index (κ3) is 1.71. The number of Topliss-reactive ketones (excluding diaryl/α,β-unsaturated/α-hetero) is 1. The number of anilines is 1. The molecule has 3 rings (SSSR count). The van der Waals surface area contributed by atoms with Crippen LogP contribution in [0.2, 0.25) is 0 Å². The standard InChI is InChI=1S/C19H21NO2/c1-8-9(2)17-13(7-15(8)22)6-14-18(17)11(4)10(3)16(12(5)21)19(14)20/h7,22H,6,20H2,1-5H3. The molecule has 1 aliphatic carbocycles. The maximum atomic E-state index is 12.0. The van der Waals surface area contributed by atoms with Crippen LogP contribution in [0.1, 0.15) is 50.7 Å². The van der Waals surface area contributed by atoms with E-state index in [4.69, 9.17) is 5.73 Å². The Morgan fingerprint density at radius 1 is 1.05 bits per heavy atom. The van der Waals surface area contributed by atoms with Crippen molar-refractivity contribution in [3.63, 3.8) is 0 Å². The zero-order valence-corrected chi connectivity index (χ0v) is 13.7. The third-order valence-corrected chi connectivity index (χ3v) is 5.13. The Hall–Kier alpha value is -2.29. The van der Waals surface area contributed by atoms with Crippen LogP contribution < -0.4 is 5.73 Å². The number of aromatic hydroxyl groups is 1. The van der Waals surface area contributed by atoms with Gasteiger partial charge in [-0.1, -0.05) is 0 Å². The smallest absolute Gasteiger partial charge is 0.162 e. The van der Waals surface area contributed by atoms with Crippen LogP contribution in [0.4, 0.5) is 5.69 Å². The molecule has 3 N–H and O–H groups in total. The number of carbonyl (C=O) groups is 1. The SMILES string of the molecule is CC(=O)c1c(C)c(C)c2c(c1N)Cc1cc(O)c(C)c(C)c1-2. The highest BCUT2D eigenvalue weighted by molar-refractivity contribution is 6.04. The lowest BCUT2D eigenvalue weighted by atomic mass is 9.87. The number of phenolic OH excluding ortho intramolecular Hbond substituents is 1. The van der Waals surface area contributed by atoms with Gasteiger partial charge in [0.2, 0.25) is 0 Å². The second-order valence-corrected chi connectivity index (χ2v) is 6.31. The molecule has 0 radical (unpaired) electrons. The molecule has 114 valence electrons. The summed E-state index contributed by atoms with van der Waals surface area (Å²) in [5, 5.41) is 10.1. The molecule has 3 heteroatoms. The molecule has 0 unspecified atom stereocenters. The molecule has 0 aliphatic heterocycles. The topological polar surface area (TPSA) is 63.3 Å². The monoisotopic (exact) mass is 295 g/mol. The minimum Gasteiger partial charge on any atom is -0.508 e. The van der Waals surface area contributed by atoms with Crippen molar-refractivity contribution in [2.24, 2.45) is 0 Å². The molecule has 22 heavy (non-hydrogen) atoms. The molecule has 0 saturated carbocycles. The number of fused-ring (bicyclic) bond motifs is 3. The van der Waals surface area contributed by atoms with Gasteiger partial charge in [0.25, 0.3) is 0 Å². The molecule has 2 aromatic rings. The lowest BCUT2D eigenvalue weighted by Crippen LogP contribution is -2.08. The zero-order chi connectivity index (χ0) is 16.3. The van der Waals surface area contributed by atoms with Gasteiger partial charge in [-0.05, 0) is 85.2 Å². The van der Waals surface area contributed by atoms with Crippen molar-refractivity contribution >= 4 is 11.5 Å². The second-order valence-electron chi connectivity index (χ2n) is 6.31. The first-order valence-corrected chi connectivity index (χ1v) is 7.50. The fourth-order valence-corrected chi connectivity index (χ4v) is 3.71. The predicted octanol–water partition coefficient (Wildman–Crippen LogP) is 3.98. The number of hydrogen-bond acceptors (Lipinski definition) is 3. The van der Waals surface area contributed by atoms with Crippen molar-refractivity contribution in [1.82, 2.24) is 0 Å². The second kappa shape index (κ2) is 4.60. The van der Waals surface area contributed by atoms with Crippen LogP contribution >= 0.6 is 0 Å². The number of phenols is 1. The number of nitrogen functional groups attached to an aromatic ring is 1. The minimum atomic E-state index is 0.00704. The molecular weight excluding hydrogens is 274 g/mol. The summed E-state index contributed by atoms with van der Waals surface area (Å²) in [6.45, 7) is 9.54. The van der Waals surface area contributed by atoms with E-state index in [0.717, 1.165) is 38.9 Å². The molecular formula is C19H21NO2. The lowest BCUT2D eigenvalue weighted by Gasteiger charge is -2.18. The molecule has 0 fully saturated rings. The molecule has 0 bridgehead atoms. The van der Waals surface area contributed by atoms with Gasteiger partial charge in [0.15, 0.2) is 5.78 Å². The van der Waals surface area contributed by atoms with Gasteiger partial charge in [-0.3, -0.25) is 4.79 Å². The summed E-state index contributed by atoms with van der Waals surface area (Å²) in [5.41, 5.74) is 16.1. The largest absolute Gasteiger partial charge is 0.508 e. The molecule has 0 heterocycles. The van der Waals surface area contributed by atoms with Gasteiger partial charge in [-0.15, -0.1) is 0 Å². The Morgan fingerprint density at radius 3 is 2.23 bits per heavy atom. The van der Waals surface area contributed by atoms with Crippen molar-refractivity contribution in [3.8, 4) is 16.9 Å². The van der Waals surface area contributed by atoms with E-state index in [1.807, 2.05) is 26.8 Å². The molecule has 0 spiro atoms. The first-order valence-electron chi connectivity index (χ1n) is 7.50. The van der Waals surface area contributed by atoms with E-state index in [0.29, 0.717) is 23.4 Å². The van der Waals surface area contributed by atoms with E-state index in [9.17, 15) is 9.90 Å². The first kappa shape index (κ1) is 14.6. The maximum absolute atomic E-state index is 12.0. The number of carbonyl (C=O) groups excluding carboxylic acids is 1.